The maximum Gasteiger partial charge on any atom is 0.325 e. The van der Waals surface area contributed by atoms with Gasteiger partial charge in [0.25, 0.3) is 0 Å². The monoisotopic (exact) mass is 241 g/mol. The van der Waals surface area contributed by atoms with Crippen LogP contribution in [0.2, 0.25) is 0 Å². The molecule has 2 heterocycles. The Kier molecular flexibility index (Phi) is 3.15. The van der Waals surface area contributed by atoms with E-state index >= 15 is 0 Å². The standard InChI is InChI=1S/C11H15NO5/c1-16-7-3-6-4-8(13)9(11(15)17-2)10(14)12(6)5-7/h6-7,9H,3-5H2,1-2H3/t6-,7-,9?/m0/s1. The van der Waals surface area contributed by atoms with Crippen LogP contribution in [0.3, 0.4) is 0 Å². The summed E-state index contributed by atoms with van der Waals surface area (Å²) >= 11 is 0. The van der Waals surface area contributed by atoms with Gasteiger partial charge in [-0.3, -0.25) is 14.4 Å². The van der Waals surface area contributed by atoms with Gasteiger partial charge in [0.15, 0.2) is 11.7 Å². The summed E-state index contributed by atoms with van der Waals surface area (Å²) in [6.07, 6.45) is 0.820. The average Bonchev–Trinajstić information content (AvgIpc) is 2.71. The Labute approximate surface area is 98.8 Å². The zero-order valence-electron chi connectivity index (χ0n) is 9.84. The highest BCUT2D eigenvalue weighted by molar-refractivity contribution is 6.18. The predicted octanol–water partition coefficient (Wildman–Crippen LogP) is -0.636. The Morgan fingerprint density at radius 3 is 2.65 bits per heavy atom. The van der Waals surface area contributed by atoms with Crippen molar-refractivity contribution >= 4 is 17.7 Å². The van der Waals surface area contributed by atoms with Crippen molar-refractivity contribution in [2.75, 3.05) is 20.8 Å². The van der Waals surface area contributed by atoms with Gasteiger partial charge in [-0.25, -0.2) is 0 Å². The van der Waals surface area contributed by atoms with Crippen molar-refractivity contribution in [1.82, 2.24) is 4.90 Å². The molecule has 0 aromatic carbocycles. The number of carbonyl (C=O) groups is 3. The fraction of sp³-hybridized carbons (Fsp3) is 0.727. The second-order valence-corrected chi connectivity index (χ2v) is 4.36. The molecule has 2 aliphatic heterocycles. The highest BCUT2D eigenvalue weighted by Gasteiger charge is 2.49. The van der Waals surface area contributed by atoms with Crippen LogP contribution in [-0.2, 0) is 23.9 Å². The largest absolute Gasteiger partial charge is 0.468 e. The van der Waals surface area contributed by atoms with Crippen LogP contribution in [0, 0.1) is 5.92 Å². The maximum atomic E-state index is 12.0. The topological polar surface area (TPSA) is 72.9 Å². The van der Waals surface area contributed by atoms with Crippen molar-refractivity contribution in [2.24, 2.45) is 5.92 Å². The predicted molar refractivity (Wildman–Crippen MR) is 56.0 cm³/mol. The Balaban J connectivity index is 2.18. The molecule has 1 unspecified atom stereocenters. The van der Waals surface area contributed by atoms with Crippen molar-refractivity contribution in [3.63, 3.8) is 0 Å². The van der Waals surface area contributed by atoms with Crippen LogP contribution in [0.15, 0.2) is 0 Å². The van der Waals surface area contributed by atoms with E-state index in [9.17, 15) is 14.4 Å². The van der Waals surface area contributed by atoms with Crippen LogP contribution in [0.5, 0.6) is 0 Å². The molecule has 17 heavy (non-hydrogen) atoms. The van der Waals surface area contributed by atoms with E-state index < -0.39 is 17.8 Å². The molecule has 2 fully saturated rings. The summed E-state index contributed by atoms with van der Waals surface area (Å²) in [5.74, 6) is -2.83. The van der Waals surface area contributed by atoms with Gasteiger partial charge in [-0.2, -0.15) is 0 Å². The molecule has 2 saturated heterocycles. The highest BCUT2D eigenvalue weighted by Crippen LogP contribution is 2.30. The minimum Gasteiger partial charge on any atom is -0.468 e. The van der Waals surface area contributed by atoms with Gasteiger partial charge in [0, 0.05) is 26.1 Å². The molecular formula is C11H15NO5. The summed E-state index contributed by atoms with van der Waals surface area (Å²) in [4.78, 5) is 36.8. The average molecular weight is 241 g/mol. The molecule has 0 spiro atoms. The van der Waals surface area contributed by atoms with Gasteiger partial charge < -0.3 is 14.4 Å². The van der Waals surface area contributed by atoms with Crippen molar-refractivity contribution in [2.45, 2.75) is 25.0 Å². The van der Waals surface area contributed by atoms with Crippen molar-refractivity contribution in [3.05, 3.63) is 0 Å². The van der Waals surface area contributed by atoms with Crippen LogP contribution in [0.25, 0.3) is 0 Å². The fourth-order valence-corrected chi connectivity index (χ4v) is 2.51. The number of Topliss-reactive ketones (excluding diaryl/α,β-unsaturated/α-hetero) is 1. The normalized spacial score (nSPS) is 32.6. The number of ether oxygens (including phenoxy) is 2. The molecule has 0 aliphatic carbocycles. The Morgan fingerprint density at radius 2 is 2.06 bits per heavy atom. The van der Waals surface area contributed by atoms with Crippen LogP contribution in [-0.4, -0.2) is 55.5 Å². The van der Waals surface area contributed by atoms with Crippen LogP contribution in [0.4, 0.5) is 0 Å². The molecule has 3 atom stereocenters. The van der Waals surface area contributed by atoms with E-state index in [4.69, 9.17) is 4.74 Å². The molecule has 1 amide bonds. The number of hydrogen-bond donors (Lipinski definition) is 0. The number of rotatable bonds is 2. The third-order valence-electron chi connectivity index (χ3n) is 3.44. The number of hydrogen-bond acceptors (Lipinski definition) is 5. The third-order valence-corrected chi connectivity index (χ3v) is 3.44. The molecule has 6 heteroatoms. The quantitative estimate of drug-likeness (QED) is 0.475. The first-order valence-corrected chi connectivity index (χ1v) is 5.52. The summed E-state index contributed by atoms with van der Waals surface area (Å²) in [6.45, 7) is 0.445. The molecule has 0 aromatic rings. The highest BCUT2D eigenvalue weighted by atomic mass is 16.5. The molecule has 0 radical (unpaired) electrons. The number of fused-ring (bicyclic) bond motifs is 1. The summed E-state index contributed by atoms with van der Waals surface area (Å²) in [7, 11) is 2.75. The van der Waals surface area contributed by atoms with Crippen molar-refractivity contribution in [3.8, 4) is 0 Å². The van der Waals surface area contributed by atoms with E-state index in [1.54, 1.807) is 12.0 Å². The van der Waals surface area contributed by atoms with Crippen molar-refractivity contribution in [1.29, 1.82) is 0 Å². The molecule has 0 bridgehead atoms. The summed E-state index contributed by atoms with van der Waals surface area (Å²) in [6, 6.07) is -0.124. The zero-order valence-corrected chi connectivity index (χ0v) is 9.84. The van der Waals surface area contributed by atoms with Gasteiger partial charge >= 0.3 is 5.97 Å². The van der Waals surface area contributed by atoms with E-state index in [1.807, 2.05) is 0 Å². The molecule has 2 aliphatic rings. The Hall–Kier alpha value is -1.43. The van der Waals surface area contributed by atoms with Gasteiger partial charge in [0.1, 0.15) is 0 Å². The number of carbonyl (C=O) groups excluding carboxylic acids is 3. The Bertz CT molecular complexity index is 367. The molecule has 0 N–H and O–H groups in total. The van der Waals surface area contributed by atoms with Gasteiger partial charge in [-0.05, 0) is 6.42 Å². The molecule has 94 valence electrons. The molecule has 0 aromatic heterocycles. The molecule has 0 saturated carbocycles. The maximum absolute atomic E-state index is 12.0. The first kappa shape index (κ1) is 12.0. The lowest BCUT2D eigenvalue weighted by molar-refractivity contribution is -0.160. The number of amides is 1. The second-order valence-electron chi connectivity index (χ2n) is 4.36. The summed E-state index contributed by atoms with van der Waals surface area (Å²) in [5, 5.41) is 0. The van der Waals surface area contributed by atoms with Crippen LogP contribution in [0.1, 0.15) is 12.8 Å². The van der Waals surface area contributed by atoms with E-state index in [-0.39, 0.29) is 24.3 Å². The van der Waals surface area contributed by atoms with Gasteiger partial charge in [0.2, 0.25) is 5.91 Å². The smallest absolute Gasteiger partial charge is 0.325 e. The van der Waals surface area contributed by atoms with Crippen molar-refractivity contribution < 1.29 is 23.9 Å². The summed E-state index contributed by atoms with van der Waals surface area (Å²) in [5.41, 5.74) is 0. The third kappa shape index (κ3) is 1.93. The molecule has 2 rings (SSSR count). The minimum absolute atomic E-state index is 0.0480. The lowest BCUT2D eigenvalue weighted by atomic mass is 9.91. The van der Waals surface area contributed by atoms with E-state index in [0.29, 0.717) is 13.0 Å². The Morgan fingerprint density at radius 1 is 1.35 bits per heavy atom. The van der Waals surface area contributed by atoms with Crippen LogP contribution < -0.4 is 0 Å². The number of piperidine rings is 1. The van der Waals surface area contributed by atoms with Gasteiger partial charge in [-0.15, -0.1) is 0 Å². The summed E-state index contributed by atoms with van der Waals surface area (Å²) < 4.78 is 9.68. The van der Waals surface area contributed by atoms with E-state index in [1.165, 1.54) is 7.11 Å². The fourth-order valence-electron chi connectivity index (χ4n) is 2.51. The number of ketones is 1. The van der Waals surface area contributed by atoms with E-state index in [2.05, 4.69) is 4.74 Å². The zero-order chi connectivity index (χ0) is 12.6. The van der Waals surface area contributed by atoms with Gasteiger partial charge in [-0.1, -0.05) is 0 Å². The minimum atomic E-state index is -1.27. The van der Waals surface area contributed by atoms with E-state index in [0.717, 1.165) is 0 Å². The molecular weight excluding hydrogens is 226 g/mol. The lowest BCUT2D eigenvalue weighted by Crippen LogP contribution is -2.52. The number of methoxy groups -OCH3 is 2. The lowest BCUT2D eigenvalue weighted by Gasteiger charge is -2.31. The first-order chi connectivity index (χ1) is 8.08. The SMILES string of the molecule is COC(=O)C1C(=O)C[C@@H]2C[C@H](OC)CN2C1=O. The number of esters is 1. The first-order valence-electron chi connectivity index (χ1n) is 5.52. The molecule has 6 nitrogen and oxygen atoms in total. The second kappa shape index (κ2) is 4.44. The van der Waals surface area contributed by atoms with Gasteiger partial charge in [0.05, 0.1) is 13.2 Å². The number of nitrogens with zero attached hydrogens (tertiary/aromatic N) is 1. The van der Waals surface area contributed by atoms with Crippen LogP contribution >= 0.6 is 0 Å².